The molecule has 0 saturated heterocycles. The lowest BCUT2D eigenvalue weighted by atomic mass is 9.58. The molecule has 2 aliphatic rings. The molecule has 2 aromatic rings. The summed E-state index contributed by atoms with van der Waals surface area (Å²) in [6, 6.07) is 1.72. The first-order valence-electron chi connectivity index (χ1n) is 10.1. The average Bonchev–Trinajstić information content (AvgIpc) is 2.72. The highest BCUT2D eigenvalue weighted by molar-refractivity contribution is 6.37. The molecule has 0 spiro atoms. The van der Waals surface area contributed by atoms with E-state index in [9.17, 15) is 34.5 Å². The number of primary amides is 1. The standard InChI is InChI=1S/C22H22ClN3O7/c1-26(2)15-10-4-7-3-9-11(23)5-8(6-24)16(27)13(9)17(28)12(7)19(30)22(10,33)20(31)14(18(15)29)21(25)32/h3,5,10,14-15,27-28,33H,4,6,24H2,1-2H3,(H2,25,32)/t10-,14?,15-,22-/m0/s1. The SMILES string of the molecule is CN(C)[C@@H]1C(=O)C(C(N)=O)C(=O)[C@@]2(O)C(=O)c3c(cc4c(Cl)cc(CN)c(O)c4c3O)C[C@@H]12. The van der Waals surface area contributed by atoms with Gasteiger partial charge in [-0.1, -0.05) is 11.6 Å². The molecule has 0 heterocycles. The molecule has 7 N–H and O–H groups in total. The minimum atomic E-state index is -2.79. The lowest BCUT2D eigenvalue weighted by Gasteiger charge is -2.48. The number of Topliss-reactive ketones (excluding diaryl/α,β-unsaturated/α-hetero) is 3. The fourth-order valence-electron chi connectivity index (χ4n) is 5.16. The molecule has 1 unspecified atom stereocenters. The number of phenols is 2. The van der Waals surface area contributed by atoms with Gasteiger partial charge in [-0.15, -0.1) is 0 Å². The Morgan fingerprint density at radius 1 is 1.21 bits per heavy atom. The number of carbonyl (C=O) groups is 4. The van der Waals surface area contributed by atoms with Crippen LogP contribution in [0, 0.1) is 11.8 Å². The first-order valence-corrected chi connectivity index (χ1v) is 10.5. The van der Waals surface area contributed by atoms with Crippen molar-refractivity contribution >= 4 is 45.6 Å². The van der Waals surface area contributed by atoms with Gasteiger partial charge in [-0.2, -0.15) is 0 Å². The van der Waals surface area contributed by atoms with Gasteiger partial charge in [0.05, 0.1) is 17.0 Å². The topological polar surface area (TPSA) is 184 Å². The zero-order valence-electron chi connectivity index (χ0n) is 17.8. The van der Waals surface area contributed by atoms with Crippen molar-refractivity contribution < 1.29 is 34.5 Å². The van der Waals surface area contributed by atoms with Gasteiger partial charge in [0.15, 0.2) is 23.1 Å². The Morgan fingerprint density at radius 2 is 1.85 bits per heavy atom. The summed E-state index contributed by atoms with van der Waals surface area (Å²) in [6.07, 6.45) is -0.164. The molecular formula is C22H22ClN3O7. The number of halogens is 1. The van der Waals surface area contributed by atoms with Crippen LogP contribution in [0.15, 0.2) is 12.1 Å². The summed E-state index contributed by atoms with van der Waals surface area (Å²) in [5.74, 6) is -8.93. The fraction of sp³-hybridized carbons (Fsp3) is 0.364. The first kappa shape index (κ1) is 23.1. The number of nitrogens with two attached hydrogens (primary N) is 2. The Morgan fingerprint density at radius 3 is 2.39 bits per heavy atom. The van der Waals surface area contributed by atoms with Gasteiger partial charge in [0.2, 0.25) is 11.7 Å². The largest absolute Gasteiger partial charge is 0.507 e. The molecule has 4 rings (SSSR count). The number of aromatic hydroxyl groups is 2. The molecule has 174 valence electrons. The van der Waals surface area contributed by atoms with Crippen molar-refractivity contribution in [2.45, 2.75) is 24.6 Å². The van der Waals surface area contributed by atoms with E-state index in [1.54, 1.807) is 0 Å². The van der Waals surface area contributed by atoms with E-state index >= 15 is 0 Å². The quantitative estimate of drug-likeness (QED) is 0.369. The number of nitrogens with zero attached hydrogens (tertiary/aromatic N) is 1. The molecule has 0 bridgehead atoms. The number of benzene rings is 2. The van der Waals surface area contributed by atoms with E-state index in [1.807, 2.05) is 0 Å². The number of hydrogen-bond acceptors (Lipinski definition) is 9. The Labute approximate surface area is 192 Å². The number of rotatable bonds is 3. The van der Waals surface area contributed by atoms with Crippen LogP contribution < -0.4 is 11.5 Å². The Kier molecular flexibility index (Phi) is 5.25. The molecule has 10 nitrogen and oxygen atoms in total. The molecule has 1 amide bonds. The molecule has 2 aromatic carbocycles. The normalized spacial score (nSPS) is 27.1. The van der Waals surface area contributed by atoms with Gasteiger partial charge in [0, 0.05) is 28.4 Å². The molecule has 0 radical (unpaired) electrons. The van der Waals surface area contributed by atoms with Crippen LogP contribution in [0.2, 0.25) is 5.02 Å². The second-order valence-corrected chi connectivity index (χ2v) is 9.08. The molecule has 2 aliphatic carbocycles. The van der Waals surface area contributed by atoms with Gasteiger partial charge in [-0.25, -0.2) is 0 Å². The highest BCUT2D eigenvalue weighted by atomic mass is 35.5. The van der Waals surface area contributed by atoms with Crippen LogP contribution in [0.5, 0.6) is 11.5 Å². The summed E-state index contributed by atoms with van der Waals surface area (Å²) >= 11 is 6.33. The van der Waals surface area contributed by atoms with E-state index in [-0.39, 0.29) is 39.9 Å². The third kappa shape index (κ3) is 2.91. The first-order chi connectivity index (χ1) is 15.4. The fourth-order valence-corrected chi connectivity index (χ4v) is 5.44. The number of carbonyl (C=O) groups excluding carboxylic acids is 4. The maximum absolute atomic E-state index is 13.6. The van der Waals surface area contributed by atoms with E-state index in [0.717, 1.165) is 0 Å². The number of hydrogen-bond donors (Lipinski definition) is 5. The van der Waals surface area contributed by atoms with Crippen LogP contribution in [-0.2, 0) is 27.3 Å². The number of fused-ring (bicyclic) bond motifs is 3. The van der Waals surface area contributed by atoms with Crippen molar-refractivity contribution in [1.82, 2.24) is 4.90 Å². The zero-order chi connectivity index (χ0) is 24.6. The third-order valence-electron chi connectivity index (χ3n) is 6.69. The monoisotopic (exact) mass is 475 g/mol. The summed E-state index contributed by atoms with van der Waals surface area (Å²) in [6.45, 7) is -0.108. The highest BCUT2D eigenvalue weighted by Gasteiger charge is 2.66. The molecule has 1 fully saturated rings. The average molecular weight is 476 g/mol. The maximum atomic E-state index is 13.6. The van der Waals surface area contributed by atoms with Crippen LogP contribution in [0.25, 0.3) is 10.8 Å². The van der Waals surface area contributed by atoms with E-state index in [0.29, 0.717) is 0 Å². The van der Waals surface area contributed by atoms with Crippen molar-refractivity contribution in [3.8, 4) is 11.5 Å². The number of ketones is 3. The summed E-state index contributed by atoms with van der Waals surface area (Å²) in [7, 11) is 3.02. The van der Waals surface area contributed by atoms with Gasteiger partial charge < -0.3 is 26.8 Å². The van der Waals surface area contributed by atoms with Crippen LogP contribution in [0.1, 0.15) is 21.5 Å². The molecule has 0 aliphatic heterocycles. The third-order valence-corrected chi connectivity index (χ3v) is 7.00. The number of phenolic OH excluding ortho intramolecular Hbond substituents is 2. The maximum Gasteiger partial charge on any atom is 0.235 e. The minimum absolute atomic E-state index is 0.108. The van der Waals surface area contributed by atoms with Gasteiger partial charge >= 0.3 is 0 Å². The van der Waals surface area contributed by atoms with Crippen molar-refractivity contribution in [3.63, 3.8) is 0 Å². The Balaban J connectivity index is 2.05. The molecule has 33 heavy (non-hydrogen) atoms. The summed E-state index contributed by atoms with van der Waals surface area (Å²) in [4.78, 5) is 53.1. The van der Waals surface area contributed by atoms with Crippen LogP contribution in [0.3, 0.4) is 0 Å². The molecular weight excluding hydrogens is 454 g/mol. The van der Waals surface area contributed by atoms with Crippen LogP contribution in [0.4, 0.5) is 0 Å². The molecule has 0 aromatic heterocycles. The summed E-state index contributed by atoms with van der Waals surface area (Å²) in [5, 5.41) is 33.3. The number of amides is 1. The Bertz CT molecular complexity index is 1270. The van der Waals surface area contributed by atoms with Crippen LogP contribution >= 0.6 is 11.6 Å². The predicted molar refractivity (Wildman–Crippen MR) is 117 cm³/mol. The lowest BCUT2D eigenvalue weighted by molar-refractivity contribution is -0.162. The Hall–Kier alpha value is -3.05. The van der Waals surface area contributed by atoms with E-state index in [4.69, 9.17) is 23.1 Å². The lowest BCUT2D eigenvalue weighted by Crippen LogP contribution is -2.71. The van der Waals surface area contributed by atoms with Crippen molar-refractivity contribution in [3.05, 3.63) is 33.8 Å². The van der Waals surface area contributed by atoms with E-state index < -0.39 is 63.8 Å². The van der Waals surface area contributed by atoms with Gasteiger partial charge in [-0.05, 0) is 38.2 Å². The number of aliphatic hydroxyl groups is 1. The van der Waals surface area contributed by atoms with E-state index in [2.05, 4.69) is 0 Å². The second kappa shape index (κ2) is 7.49. The van der Waals surface area contributed by atoms with Crippen molar-refractivity contribution in [2.24, 2.45) is 23.3 Å². The van der Waals surface area contributed by atoms with Crippen LogP contribution in [-0.4, -0.2) is 69.2 Å². The van der Waals surface area contributed by atoms with Crippen molar-refractivity contribution in [2.75, 3.05) is 14.1 Å². The molecule has 4 atom stereocenters. The summed E-state index contributed by atoms with van der Waals surface area (Å²) < 4.78 is 0. The second-order valence-electron chi connectivity index (χ2n) is 8.67. The molecule has 11 heteroatoms. The molecule has 1 saturated carbocycles. The predicted octanol–water partition coefficient (Wildman–Crippen LogP) is -0.367. The highest BCUT2D eigenvalue weighted by Crippen LogP contribution is 2.49. The zero-order valence-corrected chi connectivity index (χ0v) is 18.5. The number of likely N-dealkylation sites (N-methyl/N-ethyl adjacent to an activating group) is 1. The van der Waals surface area contributed by atoms with Crippen molar-refractivity contribution in [1.29, 1.82) is 0 Å². The summed E-state index contributed by atoms with van der Waals surface area (Å²) in [5.41, 5.74) is 8.15. The van der Waals surface area contributed by atoms with Gasteiger partial charge in [0.25, 0.3) is 0 Å². The minimum Gasteiger partial charge on any atom is -0.507 e. The van der Waals surface area contributed by atoms with E-state index in [1.165, 1.54) is 31.1 Å². The smallest absolute Gasteiger partial charge is 0.235 e. The van der Waals surface area contributed by atoms with Gasteiger partial charge in [-0.3, -0.25) is 24.1 Å². The van der Waals surface area contributed by atoms with Gasteiger partial charge in [0.1, 0.15) is 11.5 Å².